The maximum absolute atomic E-state index is 6.08. The van der Waals surface area contributed by atoms with Crippen molar-refractivity contribution in [3.05, 3.63) is 35.9 Å². The summed E-state index contributed by atoms with van der Waals surface area (Å²) in [5.41, 5.74) is 2.36. The maximum atomic E-state index is 6.08. The molecule has 1 rings (SSSR count). The third kappa shape index (κ3) is 3.24. The molecule has 1 aromatic rings. The van der Waals surface area contributed by atoms with Gasteiger partial charge < -0.3 is 4.43 Å². The molecule has 0 aromatic heterocycles. The van der Waals surface area contributed by atoms with Crippen molar-refractivity contribution in [3.8, 4) is 5.75 Å². The van der Waals surface area contributed by atoms with Crippen LogP contribution in [0.15, 0.2) is 24.8 Å². The molecule has 2 heteroatoms. The highest BCUT2D eigenvalue weighted by Crippen LogP contribution is 2.23. The molecule has 0 amide bonds. The minimum atomic E-state index is -1.03. The van der Waals surface area contributed by atoms with Crippen LogP contribution in [0.3, 0.4) is 0 Å². The van der Waals surface area contributed by atoms with Gasteiger partial charge in [0, 0.05) is 5.56 Å². The lowest BCUT2D eigenvalue weighted by molar-refractivity contribution is 0.564. The molecular formula is C13H20OSi. The van der Waals surface area contributed by atoms with E-state index < -0.39 is 9.04 Å². The molecule has 0 saturated heterocycles. The van der Waals surface area contributed by atoms with Gasteiger partial charge in [0.1, 0.15) is 5.75 Å². The van der Waals surface area contributed by atoms with E-state index in [1.165, 1.54) is 17.7 Å². The van der Waals surface area contributed by atoms with Crippen LogP contribution >= 0.6 is 0 Å². The Morgan fingerprint density at radius 3 is 2.53 bits per heavy atom. The van der Waals surface area contributed by atoms with Crippen molar-refractivity contribution in [3.63, 3.8) is 0 Å². The molecule has 0 aliphatic carbocycles. The Bertz CT molecular complexity index is 329. The standard InChI is InChI=1S/C13H20OSi/c1-5-12-9-8-11(4)10-13(12)14-15(6-2)7-3/h5,8-10,15H,1,6-7H2,2-4H3. The number of rotatable bonds is 5. The molecule has 0 fully saturated rings. The quantitative estimate of drug-likeness (QED) is 0.686. The molecule has 0 aliphatic rings. The smallest absolute Gasteiger partial charge is 0.235 e. The molecule has 15 heavy (non-hydrogen) atoms. The first-order valence-corrected chi connectivity index (χ1v) is 7.71. The molecule has 1 nitrogen and oxygen atoms in total. The first kappa shape index (κ1) is 12.0. The van der Waals surface area contributed by atoms with Crippen LogP contribution in [0.4, 0.5) is 0 Å². The van der Waals surface area contributed by atoms with E-state index in [0.717, 1.165) is 11.3 Å². The molecular weight excluding hydrogens is 200 g/mol. The van der Waals surface area contributed by atoms with Crippen molar-refractivity contribution in [2.45, 2.75) is 32.9 Å². The second-order valence-corrected chi connectivity index (χ2v) is 6.91. The number of hydrogen-bond donors (Lipinski definition) is 0. The van der Waals surface area contributed by atoms with E-state index in [1.54, 1.807) is 0 Å². The second-order valence-electron chi connectivity index (χ2n) is 3.80. The lowest BCUT2D eigenvalue weighted by Gasteiger charge is -2.17. The van der Waals surface area contributed by atoms with E-state index >= 15 is 0 Å². The van der Waals surface area contributed by atoms with E-state index in [0.29, 0.717) is 0 Å². The Kier molecular flexibility index (Phi) is 4.63. The van der Waals surface area contributed by atoms with Gasteiger partial charge in [-0.15, -0.1) is 0 Å². The molecule has 0 spiro atoms. The second kappa shape index (κ2) is 5.76. The molecule has 0 radical (unpaired) electrons. The van der Waals surface area contributed by atoms with Crippen LogP contribution in [0.5, 0.6) is 5.75 Å². The molecule has 0 saturated carbocycles. The van der Waals surface area contributed by atoms with Crippen molar-refractivity contribution in [2.75, 3.05) is 0 Å². The van der Waals surface area contributed by atoms with Crippen LogP contribution in [0.1, 0.15) is 25.0 Å². The van der Waals surface area contributed by atoms with Crippen molar-refractivity contribution in [1.29, 1.82) is 0 Å². The lowest BCUT2D eigenvalue weighted by Crippen LogP contribution is -2.19. The SMILES string of the molecule is C=Cc1ccc(C)cc1O[SiH](CC)CC. The molecule has 0 atom stereocenters. The zero-order valence-corrected chi connectivity index (χ0v) is 11.1. The average molecular weight is 220 g/mol. The molecule has 82 valence electrons. The van der Waals surface area contributed by atoms with Gasteiger partial charge in [-0.1, -0.05) is 38.6 Å². The highest BCUT2D eigenvalue weighted by Gasteiger charge is 2.10. The Morgan fingerprint density at radius 2 is 2.00 bits per heavy atom. The largest absolute Gasteiger partial charge is 0.546 e. The fourth-order valence-electron chi connectivity index (χ4n) is 1.55. The van der Waals surface area contributed by atoms with Crippen LogP contribution in [0.25, 0.3) is 6.08 Å². The molecule has 0 heterocycles. The Morgan fingerprint density at radius 1 is 1.33 bits per heavy atom. The third-order valence-electron chi connectivity index (χ3n) is 2.59. The molecule has 1 aromatic carbocycles. The summed E-state index contributed by atoms with van der Waals surface area (Å²) in [5.74, 6) is 1.02. The maximum Gasteiger partial charge on any atom is 0.235 e. The molecule has 0 aliphatic heterocycles. The Hall–Kier alpha value is -1.02. The van der Waals surface area contributed by atoms with E-state index in [9.17, 15) is 0 Å². The van der Waals surface area contributed by atoms with Gasteiger partial charge in [-0.05, 0) is 30.6 Å². The first-order valence-electron chi connectivity index (χ1n) is 5.61. The fourth-order valence-corrected chi connectivity index (χ4v) is 3.02. The zero-order valence-electron chi connectivity index (χ0n) is 9.92. The monoisotopic (exact) mass is 220 g/mol. The summed E-state index contributed by atoms with van der Waals surface area (Å²) >= 11 is 0. The summed E-state index contributed by atoms with van der Waals surface area (Å²) in [4.78, 5) is 0. The van der Waals surface area contributed by atoms with Gasteiger partial charge in [-0.3, -0.25) is 0 Å². The number of hydrogen-bond acceptors (Lipinski definition) is 1. The van der Waals surface area contributed by atoms with Crippen molar-refractivity contribution in [1.82, 2.24) is 0 Å². The van der Waals surface area contributed by atoms with Gasteiger partial charge in [-0.2, -0.15) is 0 Å². The highest BCUT2D eigenvalue weighted by atomic mass is 28.3. The van der Waals surface area contributed by atoms with E-state index in [2.05, 4.69) is 45.5 Å². The average Bonchev–Trinajstić information content (AvgIpc) is 2.26. The number of benzene rings is 1. The van der Waals surface area contributed by atoms with Crippen LogP contribution in [0, 0.1) is 6.92 Å². The number of aryl methyl sites for hydroxylation is 1. The Balaban J connectivity index is 2.90. The Labute approximate surface area is 94.5 Å². The molecule has 0 bridgehead atoms. The van der Waals surface area contributed by atoms with E-state index in [-0.39, 0.29) is 0 Å². The van der Waals surface area contributed by atoms with Gasteiger partial charge in [0.15, 0.2) is 0 Å². The predicted octanol–water partition coefficient (Wildman–Crippen LogP) is 3.78. The van der Waals surface area contributed by atoms with Gasteiger partial charge in [0.2, 0.25) is 9.04 Å². The van der Waals surface area contributed by atoms with Gasteiger partial charge in [0.05, 0.1) is 0 Å². The zero-order chi connectivity index (χ0) is 11.3. The minimum absolute atomic E-state index is 1.02. The van der Waals surface area contributed by atoms with Crippen molar-refractivity contribution >= 4 is 15.1 Å². The van der Waals surface area contributed by atoms with Gasteiger partial charge in [0.25, 0.3) is 0 Å². The summed E-state index contributed by atoms with van der Waals surface area (Å²) in [7, 11) is -1.03. The third-order valence-corrected chi connectivity index (χ3v) is 5.00. The summed E-state index contributed by atoms with van der Waals surface area (Å²) in [5, 5.41) is 0. The van der Waals surface area contributed by atoms with E-state index in [4.69, 9.17) is 4.43 Å². The van der Waals surface area contributed by atoms with Crippen LogP contribution in [-0.4, -0.2) is 9.04 Å². The minimum Gasteiger partial charge on any atom is -0.546 e. The van der Waals surface area contributed by atoms with Gasteiger partial charge in [-0.25, -0.2) is 0 Å². The first-order chi connectivity index (χ1) is 7.21. The fraction of sp³-hybridized carbons (Fsp3) is 0.385. The van der Waals surface area contributed by atoms with Crippen molar-refractivity contribution < 1.29 is 4.43 Å². The summed E-state index contributed by atoms with van der Waals surface area (Å²) in [6, 6.07) is 8.65. The van der Waals surface area contributed by atoms with Crippen LogP contribution < -0.4 is 4.43 Å². The van der Waals surface area contributed by atoms with Crippen LogP contribution in [-0.2, 0) is 0 Å². The summed E-state index contributed by atoms with van der Waals surface area (Å²) in [6.45, 7) is 10.3. The summed E-state index contributed by atoms with van der Waals surface area (Å²) < 4.78 is 6.08. The normalized spacial score (nSPS) is 10.4. The van der Waals surface area contributed by atoms with Gasteiger partial charge >= 0.3 is 0 Å². The summed E-state index contributed by atoms with van der Waals surface area (Å²) in [6.07, 6.45) is 1.87. The molecule has 0 N–H and O–H groups in total. The molecule has 0 unspecified atom stereocenters. The van der Waals surface area contributed by atoms with Crippen LogP contribution in [0.2, 0.25) is 12.1 Å². The topological polar surface area (TPSA) is 9.23 Å². The highest BCUT2D eigenvalue weighted by molar-refractivity contribution is 6.52. The van der Waals surface area contributed by atoms with E-state index in [1.807, 2.05) is 6.08 Å². The lowest BCUT2D eigenvalue weighted by atomic mass is 10.1. The van der Waals surface area contributed by atoms with Crippen molar-refractivity contribution in [2.24, 2.45) is 0 Å². The predicted molar refractivity (Wildman–Crippen MR) is 70.0 cm³/mol.